The van der Waals surface area contributed by atoms with Crippen LogP contribution < -0.4 is 10.9 Å². The van der Waals surface area contributed by atoms with Crippen LogP contribution in [0.1, 0.15) is 44.2 Å². The maximum Gasteiger partial charge on any atom is 0.254 e. The molecule has 0 spiro atoms. The number of imidazole rings is 1. The molecule has 0 aliphatic rings. The summed E-state index contributed by atoms with van der Waals surface area (Å²) < 4.78 is 3.60. The standard InChI is InChI=1S/C22H28N4O3/c1-14(2)21(22-23-17-8-5-6-9-18(17)25(22)4)24-19(28)10-7-11-26-15(3)12-16(27)13-20(26)29/h5-6,8-9,12-14,21,27H,7,10-11H2,1-4H3,(H,24,28). The highest BCUT2D eigenvalue weighted by molar-refractivity contribution is 5.78. The number of rotatable bonds is 7. The first-order chi connectivity index (χ1) is 13.8. The summed E-state index contributed by atoms with van der Waals surface area (Å²) in [6, 6.07) is 10.5. The molecular weight excluding hydrogens is 368 g/mol. The van der Waals surface area contributed by atoms with Crippen LogP contribution in [0, 0.1) is 12.8 Å². The number of nitrogens with zero attached hydrogens (tertiary/aromatic N) is 3. The van der Waals surface area contributed by atoms with Gasteiger partial charge < -0.3 is 19.6 Å². The number of aromatic nitrogens is 3. The summed E-state index contributed by atoms with van der Waals surface area (Å²) in [7, 11) is 1.96. The zero-order chi connectivity index (χ0) is 21.1. The Morgan fingerprint density at radius 3 is 2.62 bits per heavy atom. The first-order valence-corrected chi connectivity index (χ1v) is 9.89. The largest absolute Gasteiger partial charge is 0.508 e. The molecule has 0 bridgehead atoms. The number of hydrogen-bond donors (Lipinski definition) is 2. The molecule has 3 rings (SSSR count). The third kappa shape index (κ3) is 4.50. The van der Waals surface area contributed by atoms with E-state index in [4.69, 9.17) is 4.98 Å². The minimum Gasteiger partial charge on any atom is -0.508 e. The van der Waals surface area contributed by atoms with Gasteiger partial charge in [0.05, 0.1) is 17.1 Å². The predicted molar refractivity (Wildman–Crippen MR) is 113 cm³/mol. The Morgan fingerprint density at radius 1 is 1.24 bits per heavy atom. The van der Waals surface area contributed by atoms with E-state index in [9.17, 15) is 14.7 Å². The lowest BCUT2D eigenvalue weighted by molar-refractivity contribution is -0.122. The van der Waals surface area contributed by atoms with Gasteiger partial charge in [-0.2, -0.15) is 0 Å². The number of fused-ring (bicyclic) bond motifs is 1. The molecule has 1 amide bonds. The van der Waals surface area contributed by atoms with Gasteiger partial charge in [-0.05, 0) is 37.5 Å². The Balaban J connectivity index is 1.67. The van der Waals surface area contributed by atoms with Gasteiger partial charge >= 0.3 is 0 Å². The number of aryl methyl sites for hydroxylation is 2. The molecular formula is C22H28N4O3. The van der Waals surface area contributed by atoms with Crippen LogP contribution in [0.5, 0.6) is 5.75 Å². The summed E-state index contributed by atoms with van der Waals surface area (Å²) in [6.45, 7) is 6.31. The van der Waals surface area contributed by atoms with E-state index in [1.807, 2.05) is 35.9 Å². The van der Waals surface area contributed by atoms with Crippen molar-refractivity contribution in [3.05, 3.63) is 58.3 Å². The van der Waals surface area contributed by atoms with E-state index in [-0.39, 0.29) is 29.2 Å². The van der Waals surface area contributed by atoms with Crippen molar-refractivity contribution < 1.29 is 9.90 Å². The van der Waals surface area contributed by atoms with Crippen LogP contribution >= 0.6 is 0 Å². The number of para-hydroxylation sites is 2. The molecule has 0 radical (unpaired) electrons. The van der Waals surface area contributed by atoms with E-state index >= 15 is 0 Å². The molecule has 154 valence electrons. The number of pyridine rings is 1. The minimum absolute atomic E-state index is 0.0382. The Morgan fingerprint density at radius 2 is 1.97 bits per heavy atom. The lowest BCUT2D eigenvalue weighted by Crippen LogP contribution is -2.33. The van der Waals surface area contributed by atoms with Crippen molar-refractivity contribution in [2.24, 2.45) is 13.0 Å². The fourth-order valence-corrected chi connectivity index (χ4v) is 3.61. The molecule has 1 unspecified atom stereocenters. The van der Waals surface area contributed by atoms with E-state index in [1.165, 1.54) is 6.07 Å². The second kappa shape index (κ2) is 8.51. The molecule has 29 heavy (non-hydrogen) atoms. The van der Waals surface area contributed by atoms with Gasteiger partial charge in [0, 0.05) is 31.8 Å². The summed E-state index contributed by atoms with van der Waals surface area (Å²) in [5.74, 6) is 0.903. The molecule has 0 saturated heterocycles. The van der Waals surface area contributed by atoms with Gasteiger partial charge in [-0.3, -0.25) is 9.59 Å². The fourth-order valence-electron chi connectivity index (χ4n) is 3.61. The van der Waals surface area contributed by atoms with E-state index in [0.717, 1.165) is 16.9 Å². The summed E-state index contributed by atoms with van der Waals surface area (Å²) in [6.07, 6.45) is 0.838. The van der Waals surface area contributed by atoms with Gasteiger partial charge in [0.15, 0.2) is 0 Å². The zero-order valence-corrected chi connectivity index (χ0v) is 17.3. The third-order valence-electron chi connectivity index (χ3n) is 5.19. The molecule has 7 heteroatoms. The van der Waals surface area contributed by atoms with Crippen molar-refractivity contribution in [3.63, 3.8) is 0 Å². The summed E-state index contributed by atoms with van der Waals surface area (Å²) >= 11 is 0. The third-order valence-corrected chi connectivity index (χ3v) is 5.19. The van der Waals surface area contributed by atoms with E-state index in [0.29, 0.717) is 25.1 Å². The van der Waals surface area contributed by atoms with E-state index in [2.05, 4.69) is 19.2 Å². The van der Waals surface area contributed by atoms with Crippen LogP contribution in [-0.4, -0.2) is 25.1 Å². The van der Waals surface area contributed by atoms with Crippen LogP contribution in [0.2, 0.25) is 0 Å². The van der Waals surface area contributed by atoms with Gasteiger partial charge in [0.2, 0.25) is 5.91 Å². The molecule has 0 aliphatic heterocycles. The number of benzene rings is 1. The minimum atomic E-state index is -0.261. The molecule has 7 nitrogen and oxygen atoms in total. The van der Waals surface area contributed by atoms with Gasteiger partial charge in [-0.25, -0.2) is 4.98 Å². The van der Waals surface area contributed by atoms with Crippen LogP contribution in [-0.2, 0) is 18.4 Å². The molecule has 0 saturated carbocycles. The van der Waals surface area contributed by atoms with Crippen molar-refractivity contribution in [1.82, 2.24) is 19.4 Å². The molecule has 0 fully saturated rings. The molecule has 1 aromatic carbocycles. The van der Waals surface area contributed by atoms with Crippen molar-refractivity contribution in [1.29, 1.82) is 0 Å². The molecule has 0 aliphatic carbocycles. The highest BCUT2D eigenvalue weighted by Gasteiger charge is 2.23. The van der Waals surface area contributed by atoms with Crippen molar-refractivity contribution in [3.8, 4) is 5.75 Å². The highest BCUT2D eigenvalue weighted by Crippen LogP contribution is 2.25. The Bertz CT molecular complexity index is 1080. The summed E-state index contributed by atoms with van der Waals surface area (Å²) in [4.78, 5) is 29.3. The Labute approximate surface area is 170 Å². The normalized spacial score (nSPS) is 12.4. The van der Waals surface area contributed by atoms with Crippen LogP contribution in [0.15, 0.2) is 41.2 Å². The van der Waals surface area contributed by atoms with Crippen LogP contribution in [0.25, 0.3) is 11.0 Å². The molecule has 3 aromatic rings. The second-order valence-electron chi connectivity index (χ2n) is 7.76. The van der Waals surface area contributed by atoms with Crippen molar-refractivity contribution in [2.75, 3.05) is 0 Å². The number of carbonyl (C=O) groups excluding carboxylic acids is 1. The number of aromatic hydroxyl groups is 1. The van der Waals surface area contributed by atoms with Crippen LogP contribution in [0.3, 0.4) is 0 Å². The van der Waals surface area contributed by atoms with Gasteiger partial charge in [-0.15, -0.1) is 0 Å². The molecule has 2 aromatic heterocycles. The fraction of sp³-hybridized carbons (Fsp3) is 0.409. The highest BCUT2D eigenvalue weighted by atomic mass is 16.3. The maximum absolute atomic E-state index is 12.6. The second-order valence-corrected chi connectivity index (χ2v) is 7.76. The van der Waals surface area contributed by atoms with E-state index in [1.54, 1.807) is 17.6 Å². The smallest absolute Gasteiger partial charge is 0.254 e. The lowest BCUT2D eigenvalue weighted by atomic mass is 10.0. The maximum atomic E-state index is 12.6. The summed E-state index contributed by atoms with van der Waals surface area (Å²) in [5, 5.41) is 12.6. The number of carbonyl (C=O) groups is 1. The Kier molecular flexibility index (Phi) is 6.06. The zero-order valence-electron chi connectivity index (χ0n) is 17.3. The SMILES string of the molecule is Cc1cc(O)cc(=O)n1CCCC(=O)NC(c1nc2ccccc2n1C)C(C)C. The topological polar surface area (TPSA) is 89.2 Å². The quantitative estimate of drug-likeness (QED) is 0.642. The van der Waals surface area contributed by atoms with Gasteiger partial charge in [0.1, 0.15) is 11.6 Å². The van der Waals surface area contributed by atoms with E-state index < -0.39 is 0 Å². The van der Waals surface area contributed by atoms with Gasteiger partial charge in [-0.1, -0.05) is 26.0 Å². The van der Waals surface area contributed by atoms with Crippen molar-refractivity contribution >= 4 is 16.9 Å². The summed E-state index contributed by atoms with van der Waals surface area (Å²) in [5.41, 5.74) is 2.36. The number of hydrogen-bond acceptors (Lipinski definition) is 4. The number of nitrogens with one attached hydrogen (secondary N) is 1. The predicted octanol–water partition coefficient (Wildman–Crippen LogP) is 3.04. The monoisotopic (exact) mass is 396 g/mol. The first-order valence-electron chi connectivity index (χ1n) is 9.89. The average molecular weight is 396 g/mol. The molecule has 2 N–H and O–H groups in total. The Hall–Kier alpha value is -3.09. The molecule has 1 atom stereocenters. The molecule has 2 heterocycles. The van der Waals surface area contributed by atoms with Gasteiger partial charge in [0.25, 0.3) is 5.56 Å². The van der Waals surface area contributed by atoms with Crippen molar-refractivity contribution in [2.45, 2.75) is 46.2 Å². The number of amides is 1. The average Bonchev–Trinajstić information content (AvgIpc) is 2.98. The van der Waals surface area contributed by atoms with Crippen LogP contribution in [0.4, 0.5) is 0 Å². The first kappa shape index (κ1) is 20.6. The lowest BCUT2D eigenvalue weighted by Gasteiger charge is -2.22.